The third-order valence-electron chi connectivity index (χ3n) is 2.92. The van der Waals surface area contributed by atoms with E-state index < -0.39 is 0 Å². The number of hydrogen-bond acceptors (Lipinski definition) is 6. The predicted octanol–water partition coefficient (Wildman–Crippen LogP) is -0.627. The molecule has 0 aromatic carbocycles. The Balaban J connectivity index is 1.98. The number of hydrogen-bond donors (Lipinski definition) is 1. The summed E-state index contributed by atoms with van der Waals surface area (Å²) in [5.74, 6) is -0.676. The van der Waals surface area contributed by atoms with Crippen LogP contribution in [0.5, 0.6) is 0 Å². The molecule has 96 valence electrons. The van der Waals surface area contributed by atoms with Gasteiger partial charge in [0.05, 0.1) is 25.9 Å². The number of ether oxygens (including phenoxy) is 1. The number of esters is 1. The van der Waals surface area contributed by atoms with Gasteiger partial charge in [0, 0.05) is 18.7 Å². The van der Waals surface area contributed by atoms with Gasteiger partial charge in [-0.15, -0.1) is 0 Å². The van der Waals surface area contributed by atoms with Gasteiger partial charge in [-0.3, -0.25) is 19.7 Å². The average molecular weight is 250 g/mol. The lowest BCUT2D eigenvalue weighted by molar-refractivity contribution is -0.141. The second-order valence-corrected chi connectivity index (χ2v) is 4.19. The van der Waals surface area contributed by atoms with E-state index in [1.165, 1.54) is 25.3 Å². The Morgan fingerprint density at radius 3 is 3.00 bits per heavy atom. The molecule has 6 nitrogen and oxygen atoms in total. The van der Waals surface area contributed by atoms with Gasteiger partial charge >= 0.3 is 5.97 Å². The van der Waals surface area contributed by atoms with Crippen LogP contribution in [0.3, 0.4) is 0 Å². The molecule has 0 bridgehead atoms. The van der Waals surface area contributed by atoms with E-state index in [9.17, 15) is 14.4 Å². The number of carbonyl (C=O) groups excluding carboxylic acids is 3. The Labute approximate surface area is 104 Å². The molecule has 1 aliphatic carbocycles. The van der Waals surface area contributed by atoms with Gasteiger partial charge in [0.15, 0.2) is 5.78 Å². The van der Waals surface area contributed by atoms with Crippen LogP contribution >= 0.6 is 0 Å². The first-order valence-corrected chi connectivity index (χ1v) is 5.63. The zero-order valence-electron chi connectivity index (χ0n) is 10.0. The number of allylic oxidation sites excluding steroid dienone is 3. The number of carbonyl (C=O) groups is 3. The van der Waals surface area contributed by atoms with Crippen LogP contribution in [0.1, 0.15) is 6.42 Å². The smallest absolute Gasteiger partial charge is 0.307 e. The molecule has 1 atom stereocenters. The van der Waals surface area contributed by atoms with Gasteiger partial charge in [-0.05, 0) is 12.2 Å². The van der Waals surface area contributed by atoms with Gasteiger partial charge in [0.25, 0.3) is 0 Å². The van der Waals surface area contributed by atoms with E-state index in [0.717, 1.165) is 0 Å². The van der Waals surface area contributed by atoms with Crippen molar-refractivity contribution in [1.29, 1.82) is 0 Å². The van der Waals surface area contributed by atoms with Gasteiger partial charge in [-0.2, -0.15) is 0 Å². The highest BCUT2D eigenvalue weighted by Crippen LogP contribution is 2.16. The maximum atomic E-state index is 11.6. The van der Waals surface area contributed by atoms with Crippen molar-refractivity contribution in [3.05, 3.63) is 23.9 Å². The van der Waals surface area contributed by atoms with E-state index in [-0.39, 0.29) is 30.0 Å². The van der Waals surface area contributed by atoms with Gasteiger partial charge in [-0.25, -0.2) is 0 Å². The fourth-order valence-electron chi connectivity index (χ4n) is 1.98. The highest BCUT2D eigenvalue weighted by Gasteiger charge is 2.28. The van der Waals surface area contributed by atoms with Gasteiger partial charge in [0.1, 0.15) is 0 Å². The van der Waals surface area contributed by atoms with Crippen LogP contribution in [0, 0.1) is 0 Å². The zero-order valence-corrected chi connectivity index (χ0v) is 10.0. The summed E-state index contributed by atoms with van der Waals surface area (Å²) in [6.07, 6.45) is 4.09. The molecule has 1 N–H and O–H groups in total. The van der Waals surface area contributed by atoms with Crippen molar-refractivity contribution in [3.8, 4) is 0 Å². The van der Waals surface area contributed by atoms with E-state index in [4.69, 9.17) is 0 Å². The Bertz CT molecular complexity index is 453. The van der Waals surface area contributed by atoms with Crippen LogP contribution < -0.4 is 5.32 Å². The van der Waals surface area contributed by atoms with E-state index in [1.807, 2.05) is 0 Å². The summed E-state index contributed by atoms with van der Waals surface area (Å²) in [4.78, 5) is 35.8. The summed E-state index contributed by atoms with van der Waals surface area (Å²) in [5, 5.41) is 3.10. The van der Waals surface area contributed by atoms with Crippen LogP contribution in [0.25, 0.3) is 0 Å². The van der Waals surface area contributed by atoms with Crippen molar-refractivity contribution in [2.45, 2.75) is 12.5 Å². The molecule has 1 heterocycles. The molecule has 0 saturated carbocycles. The van der Waals surface area contributed by atoms with Crippen molar-refractivity contribution in [1.82, 2.24) is 10.2 Å². The lowest BCUT2D eigenvalue weighted by Gasteiger charge is -2.20. The first-order valence-electron chi connectivity index (χ1n) is 5.63. The van der Waals surface area contributed by atoms with E-state index in [2.05, 4.69) is 10.1 Å². The fourth-order valence-corrected chi connectivity index (χ4v) is 1.98. The molecule has 0 spiro atoms. The summed E-state index contributed by atoms with van der Waals surface area (Å²) in [6, 6.07) is -0.0628. The Kier molecular flexibility index (Phi) is 3.57. The summed E-state index contributed by atoms with van der Waals surface area (Å²) in [5.41, 5.74) is 0.377. The molecule has 18 heavy (non-hydrogen) atoms. The van der Waals surface area contributed by atoms with Crippen molar-refractivity contribution in [2.24, 2.45) is 0 Å². The van der Waals surface area contributed by atoms with Gasteiger partial charge < -0.3 is 9.64 Å². The standard InChI is InChI=1S/C12H14N2O4/c1-18-12(17)4-8-6-14(7-13-8)10-5-9(15)2-3-11(10)16/h2-3,5,8,13H,4,6-7H2,1H3. The topological polar surface area (TPSA) is 75.7 Å². The molecule has 0 aromatic heterocycles. The summed E-state index contributed by atoms with van der Waals surface area (Å²) >= 11 is 0. The molecule has 2 aliphatic rings. The minimum atomic E-state index is -0.297. The lowest BCUT2D eigenvalue weighted by atomic mass is 10.1. The Morgan fingerprint density at radius 1 is 1.50 bits per heavy atom. The van der Waals surface area contributed by atoms with E-state index >= 15 is 0 Å². The van der Waals surface area contributed by atoms with Crippen molar-refractivity contribution >= 4 is 17.5 Å². The SMILES string of the molecule is COC(=O)CC1CN(C2=CC(=O)C=CC2=O)CN1. The maximum absolute atomic E-state index is 11.6. The molecule has 2 rings (SSSR count). The lowest BCUT2D eigenvalue weighted by Crippen LogP contribution is -2.28. The molecular weight excluding hydrogens is 236 g/mol. The van der Waals surface area contributed by atoms with Crippen LogP contribution in [-0.4, -0.2) is 48.8 Å². The first kappa shape index (κ1) is 12.5. The van der Waals surface area contributed by atoms with Crippen LogP contribution in [-0.2, 0) is 19.1 Å². The molecule has 0 aromatic rings. The predicted molar refractivity (Wildman–Crippen MR) is 62.4 cm³/mol. The van der Waals surface area contributed by atoms with E-state index in [0.29, 0.717) is 18.9 Å². The first-order chi connectivity index (χ1) is 8.60. The minimum Gasteiger partial charge on any atom is -0.469 e. The molecule has 1 saturated heterocycles. The zero-order chi connectivity index (χ0) is 13.1. The average Bonchev–Trinajstić information content (AvgIpc) is 2.80. The maximum Gasteiger partial charge on any atom is 0.307 e. The summed E-state index contributed by atoms with van der Waals surface area (Å²) < 4.78 is 4.59. The summed E-state index contributed by atoms with van der Waals surface area (Å²) in [6.45, 7) is 0.953. The Hall–Kier alpha value is -1.95. The molecule has 1 fully saturated rings. The number of methoxy groups -OCH3 is 1. The number of nitrogens with one attached hydrogen (secondary N) is 1. The molecule has 1 unspecified atom stereocenters. The second-order valence-electron chi connectivity index (χ2n) is 4.19. The van der Waals surface area contributed by atoms with Crippen molar-refractivity contribution < 1.29 is 19.1 Å². The van der Waals surface area contributed by atoms with Crippen LogP contribution in [0.2, 0.25) is 0 Å². The number of ketones is 2. The fraction of sp³-hybridized carbons (Fsp3) is 0.417. The highest BCUT2D eigenvalue weighted by molar-refractivity contribution is 6.16. The van der Waals surface area contributed by atoms with Crippen molar-refractivity contribution in [3.63, 3.8) is 0 Å². The van der Waals surface area contributed by atoms with Crippen molar-refractivity contribution in [2.75, 3.05) is 20.3 Å². The molecular formula is C12H14N2O4. The third-order valence-corrected chi connectivity index (χ3v) is 2.92. The molecule has 1 aliphatic heterocycles. The molecule has 6 heteroatoms. The highest BCUT2D eigenvalue weighted by atomic mass is 16.5. The second kappa shape index (κ2) is 5.14. The van der Waals surface area contributed by atoms with Gasteiger partial charge in [0.2, 0.25) is 5.78 Å². The normalized spacial score (nSPS) is 23.3. The van der Waals surface area contributed by atoms with Crippen LogP contribution in [0.4, 0.5) is 0 Å². The largest absolute Gasteiger partial charge is 0.469 e. The van der Waals surface area contributed by atoms with Crippen LogP contribution in [0.15, 0.2) is 23.9 Å². The van der Waals surface area contributed by atoms with Gasteiger partial charge in [-0.1, -0.05) is 0 Å². The number of rotatable bonds is 3. The quantitative estimate of drug-likeness (QED) is 0.531. The monoisotopic (exact) mass is 250 g/mol. The summed E-state index contributed by atoms with van der Waals surface area (Å²) in [7, 11) is 1.34. The van der Waals surface area contributed by atoms with E-state index in [1.54, 1.807) is 4.90 Å². The Morgan fingerprint density at radius 2 is 2.28 bits per heavy atom. The minimum absolute atomic E-state index is 0.0628. The molecule has 0 amide bonds. The molecule has 0 radical (unpaired) electrons. The number of nitrogens with zero attached hydrogens (tertiary/aromatic N) is 1. The third kappa shape index (κ3) is 2.65.